The molecule has 0 saturated heterocycles. The number of pyridine rings is 1. The molecule has 0 fully saturated rings. The molecule has 2 rings (SSSR count). The summed E-state index contributed by atoms with van der Waals surface area (Å²) in [6.07, 6.45) is 3.56. The number of rotatable bonds is 0. The number of hydrogen-bond donors (Lipinski definition) is 1. The van der Waals surface area contributed by atoms with Crippen LogP contribution in [0.15, 0.2) is 12.4 Å². The van der Waals surface area contributed by atoms with Gasteiger partial charge in [0, 0.05) is 18.0 Å². The third kappa shape index (κ3) is 0.973. The van der Waals surface area contributed by atoms with Crippen molar-refractivity contribution in [1.29, 1.82) is 0 Å². The standard InChI is InChI=1S/C7H5ClN2O/c8-5-3-9-2-4-1-6(11)10-7(4)5/h2-3H,1H2,(H,10,11). The summed E-state index contributed by atoms with van der Waals surface area (Å²) in [6, 6.07) is 0. The van der Waals surface area contributed by atoms with E-state index in [-0.39, 0.29) is 5.91 Å². The highest BCUT2D eigenvalue weighted by Crippen LogP contribution is 2.29. The van der Waals surface area contributed by atoms with E-state index in [0.29, 0.717) is 17.1 Å². The molecule has 56 valence electrons. The van der Waals surface area contributed by atoms with Crippen LogP contribution in [0.5, 0.6) is 0 Å². The molecule has 1 aliphatic heterocycles. The lowest BCUT2D eigenvalue weighted by Gasteiger charge is -1.97. The van der Waals surface area contributed by atoms with Crippen LogP contribution in [0, 0.1) is 0 Å². The highest BCUT2D eigenvalue weighted by Gasteiger charge is 2.19. The Balaban J connectivity index is 2.57. The predicted octanol–water partition coefficient (Wildman–Crippen LogP) is 1.23. The zero-order chi connectivity index (χ0) is 7.84. The summed E-state index contributed by atoms with van der Waals surface area (Å²) >= 11 is 5.76. The zero-order valence-electron chi connectivity index (χ0n) is 5.60. The second kappa shape index (κ2) is 2.20. The first-order valence-corrected chi connectivity index (χ1v) is 3.57. The molecule has 4 heteroatoms. The van der Waals surface area contributed by atoms with E-state index < -0.39 is 0 Å². The molecule has 2 heterocycles. The van der Waals surface area contributed by atoms with Crippen LogP contribution in [0.3, 0.4) is 0 Å². The number of nitrogens with one attached hydrogen (secondary N) is 1. The highest BCUT2D eigenvalue weighted by molar-refractivity contribution is 6.34. The van der Waals surface area contributed by atoms with Gasteiger partial charge in [-0.25, -0.2) is 0 Å². The summed E-state index contributed by atoms with van der Waals surface area (Å²) in [7, 11) is 0. The number of carbonyl (C=O) groups excluding carboxylic acids is 1. The minimum Gasteiger partial charge on any atom is -0.324 e. The van der Waals surface area contributed by atoms with Gasteiger partial charge in [-0.15, -0.1) is 0 Å². The number of amides is 1. The second-order valence-electron chi connectivity index (χ2n) is 2.38. The van der Waals surface area contributed by atoms with Crippen LogP contribution in [0.4, 0.5) is 5.69 Å². The van der Waals surface area contributed by atoms with Crippen molar-refractivity contribution in [3.8, 4) is 0 Å². The van der Waals surface area contributed by atoms with E-state index >= 15 is 0 Å². The van der Waals surface area contributed by atoms with Crippen molar-refractivity contribution in [3.63, 3.8) is 0 Å². The Morgan fingerprint density at radius 2 is 2.36 bits per heavy atom. The first-order chi connectivity index (χ1) is 5.27. The minimum atomic E-state index is -0.0186. The molecule has 0 bridgehead atoms. The Morgan fingerprint density at radius 3 is 3.09 bits per heavy atom. The van der Waals surface area contributed by atoms with Crippen molar-refractivity contribution < 1.29 is 4.79 Å². The quantitative estimate of drug-likeness (QED) is 0.633. The number of carbonyl (C=O) groups is 1. The van der Waals surface area contributed by atoms with E-state index in [9.17, 15) is 4.79 Å². The monoisotopic (exact) mass is 168 g/mol. The van der Waals surface area contributed by atoms with Gasteiger partial charge in [0.05, 0.1) is 17.1 Å². The van der Waals surface area contributed by atoms with Crippen molar-refractivity contribution in [3.05, 3.63) is 23.0 Å². The molecule has 0 atom stereocenters. The molecule has 1 aromatic rings. The van der Waals surface area contributed by atoms with Gasteiger partial charge in [0.15, 0.2) is 0 Å². The van der Waals surface area contributed by atoms with Crippen LogP contribution in [0.2, 0.25) is 5.02 Å². The Labute approximate surface area is 68.4 Å². The molecule has 0 aromatic carbocycles. The Kier molecular flexibility index (Phi) is 1.32. The summed E-state index contributed by atoms with van der Waals surface area (Å²) in [5.41, 5.74) is 1.59. The van der Waals surface area contributed by atoms with Gasteiger partial charge in [0.2, 0.25) is 5.91 Å². The third-order valence-corrected chi connectivity index (χ3v) is 1.88. The lowest BCUT2D eigenvalue weighted by Crippen LogP contribution is -2.03. The number of fused-ring (bicyclic) bond motifs is 1. The predicted molar refractivity (Wildman–Crippen MR) is 41.6 cm³/mol. The number of hydrogen-bond acceptors (Lipinski definition) is 2. The van der Waals surface area contributed by atoms with Crippen LogP contribution in [0.1, 0.15) is 5.56 Å². The molecule has 0 spiro atoms. The Bertz CT molecular complexity index is 324. The molecule has 1 aliphatic rings. The van der Waals surface area contributed by atoms with Crippen LogP contribution >= 0.6 is 11.6 Å². The number of anilines is 1. The largest absolute Gasteiger partial charge is 0.324 e. The summed E-state index contributed by atoms with van der Waals surface area (Å²) in [6.45, 7) is 0. The zero-order valence-corrected chi connectivity index (χ0v) is 6.35. The number of aromatic nitrogens is 1. The fourth-order valence-electron chi connectivity index (χ4n) is 1.11. The fraction of sp³-hybridized carbons (Fsp3) is 0.143. The Morgan fingerprint density at radius 1 is 1.55 bits per heavy atom. The third-order valence-electron chi connectivity index (χ3n) is 1.59. The van der Waals surface area contributed by atoms with Gasteiger partial charge in [-0.3, -0.25) is 9.78 Å². The highest BCUT2D eigenvalue weighted by atomic mass is 35.5. The van der Waals surface area contributed by atoms with E-state index in [1.54, 1.807) is 6.20 Å². The van der Waals surface area contributed by atoms with Crippen molar-refractivity contribution in [1.82, 2.24) is 4.98 Å². The van der Waals surface area contributed by atoms with E-state index in [2.05, 4.69) is 10.3 Å². The maximum absolute atomic E-state index is 10.9. The molecule has 0 radical (unpaired) electrons. The summed E-state index contributed by atoms with van der Waals surface area (Å²) < 4.78 is 0. The first-order valence-electron chi connectivity index (χ1n) is 3.19. The molecule has 0 saturated carbocycles. The molecule has 0 unspecified atom stereocenters. The SMILES string of the molecule is O=C1Cc2cncc(Cl)c2N1. The van der Waals surface area contributed by atoms with E-state index in [1.807, 2.05) is 0 Å². The summed E-state index contributed by atoms with van der Waals surface area (Å²) in [4.78, 5) is 14.7. The van der Waals surface area contributed by atoms with Gasteiger partial charge in [-0.1, -0.05) is 11.6 Å². The van der Waals surface area contributed by atoms with Gasteiger partial charge < -0.3 is 5.32 Å². The molecule has 1 aromatic heterocycles. The van der Waals surface area contributed by atoms with Gasteiger partial charge in [-0.2, -0.15) is 0 Å². The fourth-order valence-corrected chi connectivity index (χ4v) is 1.33. The van der Waals surface area contributed by atoms with Crippen LogP contribution in [-0.4, -0.2) is 10.9 Å². The lowest BCUT2D eigenvalue weighted by molar-refractivity contribution is -0.115. The molecule has 1 N–H and O–H groups in total. The van der Waals surface area contributed by atoms with Gasteiger partial charge in [0.25, 0.3) is 0 Å². The van der Waals surface area contributed by atoms with Crippen molar-refractivity contribution in [2.75, 3.05) is 5.32 Å². The molecule has 0 aliphatic carbocycles. The van der Waals surface area contributed by atoms with Crippen molar-refractivity contribution in [2.45, 2.75) is 6.42 Å². The van der Waals surface area contributed by atoms with E-state index in [1.165, 1.54) is 6.20 Å². The van der Waals surface area contributed by atoms with Crippen LogP contribution < -0.4 is 5.32 Å². The van der Waals surface area contributed by atoms with Crippen molar-refractivity contribution >= 4 is 23.2 Å². The molecule has 1 amide bonds. The maximum atomic E-state index is 10.9. The average molecular weight is 169 g/mol. The minimum absolute atomic E-state index is 0.0186. The average Bonchev–Trinajstić information content (AvgIpc) is 2.31. The molecule has 3 nitrogen and oxygen atoms in total. The summed E-state index contributed by atoms with van der Waals surface area (Å²) in [5.74, 6) is -0.0186. The van der Waals surface area contributed by atoms with Gasteiger partial charge in [-0.05, 0) is 0 Å². The smallest absolute Gasteiger partial charge is 0.228 e. The normalized spacial score (nSPS) is 14.5. The van der Waals surface area contributed by atoms with E-state index in [4.69, 9.17) is 11.6 Å². The topological polar surface area (TPSA) is 42.0 Å². The number of nitrogens with zero attached hydrogens (tertiary/aromatic N) is 1. The summed E-state index contributed by atoms with van der Waals surface area (Å²) in [5, 5.41) is 3.16. The second-order valence-corrected chi connectivity index (χ2v) is 2.79. The van der Waals surface area contributed by atoms with Crippen molar-refractivity contribution in [2.24, 2.45) is 0 Å². The van der Waals surface area contributed by atoms with Crippen LogP contribution in [0.25, 0.3) is 0 Å². The van der Waals surface area contributed by atoms with E-state index in [0.717, 1.165) is 5.56 Å². The Hall–Kier alpha value is -1.09. The lowest BCUT2D eigenvalue weighted by atomic mass is 10.2. The first kappa shape index (κ1) is 6.61. The van der Waals surface area contributed by atoms with Gasteiger partial charge >= 0.3 is 0 Å². The van der Waals surface area contributed by atoms with Gasteiger partial charge in [0.1, 0.15) is 0 Å². The molecular formula is C7H5ClN2O. The molecule has 11 heavy (non-hydrogen) atoms. The van der Waals surface area contributed by atoms with Crippen LogP contribution in [-0.2, 0) is 11.2 Å². The molecular weight excluding hydrogens is 164 g/mol. The maximum Gasteiger partial charge on any atom is 0.228 e. The number of halogens is 1.